The first-order valence-electron chi connectivity index (χ1n) is 7.91. The molecule has 21 heavy (non-hydrogen) atoms. The third-order valence-electron chi connectivity index (χ3n) is 4.53. The van der Waals surface area contributed by atoms with E-state index in [0.29, 0.717) is 6.04 Å². The van der Waals surface area contributed by atoms with Crippen molar-refractivity contribution in [1.82, 2.24) is 15.5 Å². The molecule has 0 bridgehead atoms. The topological polar surface area (TPSA) is 44.4 Å². The standard InChI is InChI=1S/C17H25N3O/c1-13-11-20(10-9-18-13)12-15-3-5-16(6-4-15)17(7-8-17)19-14(2)21/h3-6,13,18H,7-12H2,1-2H3,(H,19,21)/t13-/m0/s1. The van der Waals surface area contributed by atoms with E-state index in [-0.39, 0.29) is 11.4 Å². The van der Waals surface area contributed by atoms with Gasteiger partial charge in [0, 0.05) is 39.1 Å². The molecule has 0 unspecified atom stereocenters. The van der Waals surface area contributed by atoms with Gasteiger partial charge < -0.3 is 10.6 Å². The molecule has 1 atom stereocenters. The molecular formula is C17H25N3O. The summed E-state index contributed by atoms with van der Waals surface area (Å²) in [5.74, 6) is 0.0615. The average molecular weight is 287 g/mol. The Bertz CT molecular complexity index is 507. The van der Waals surface area contributed by atoms with E-state index < -0.39 is 0 Å². The van der Waals surface area contributed by atoms with Crippen LogP contribution < -0.4 is 10.6 Å². The Labute approximate surface area is 126 Å². The number of carbonyl (C=O) groups is 1. The molecule has 0 spiro atoms. The van der Waals surface area contributed by atoms with E-state index in [1.807, 2.05) is 0 Å². The number of hydrogen-bond acceptors (Lipinski definition) is 3. The number of carbonyl (C=O) groups excluding carboxylic acids is 1. The molecule has 0 radical (unpaired) electrons. The second-order valence-electron chi connectivity index (χ2n) is 6.55. The van der Waals surface area contributed by atoms with Crippen LogP contribution in [-0.2, 0) is 16.9 Å². The number of piperazine rings is 1. The zero-order chi connectivity index (χ0) is 14.9. The maximum absolute atomic E-state index is 11.3. The Morgan fingerprint density at radius 2 is 2.10 bits per heavy atom. The summed E-state index contributed by atoms with van der Waals surface area (Å²) in [4.78, 5) is 13.8. The highest BCUT2D eigenvalue weighted by molar-refractivity contribution is 5.74. The van der Waals surface area contributed by atoms with E-state index >= 15 is 0 Å². The lowest BCUT2D eigenvalue weighted by atomic mass is 10.0. The Balaban J connectivity index is 1.63. The Morgan fingerprint density at radius 3 is 2.67 bits per heavy atom. The Kier molecular flexibility index (Phi) is 4.00. The molecule has 3 rings (SSSR count). The normalized spacial score (nSPS) is 24.6. The summed E-state index contributed by atoms with van der Waals surface area (Å²) in [6.07, 6.45) is 2.11. The number of rotatable bonds is 4. The van der Waals surface area contributed by atoms with Crippen molar-refractivity contribution >= 4 is 5.91 Å². The summed E-state index contributed by atoms with van der Waals surface area (Å²) >= 11 is 0. The van der Waals surface area contributed by atoms with Crippen molar-refractivity contribution in [3.63, 3.8) is 0 Å². The number of amides is 1. The fourth-order valence-corrected chi connectivity index (χ4v) is 3.29. The van der Waals surface area contributed by atoms with Gasteiger partial charge in [0.2, 0.25) is 5.91 Å². The van der Waals surface area contributed by atoms with Gasteiger partial charge in [-0.2, -0.15) is 0 Å². The van der Waals surface area contributed by atoms with E-state index in [1.54, 1.807) is 6.92 Å². The lowest BCUT2D eigenvalue weighted by Crippen LogP contribution is -2.48. The Morgan fingerprint density at radius 1 is 1.38 bits per heavy atom. The highest BCUT2D eigenvalue weighted by Crippen LogP contribution is 2.45. The zero-order valence-electron chi connectivity index (χ0n) is 13.0. The molecule has 1 saturated heterocycles. The van der Waals surface area contributed by atoms with Crippen molar-refractivity contribution < 1.29 is 4.79 Å². The molecule has 1 aromatic carbocycles. The van der Waals surface area contributed by atoms with Crippen LogP contribution in [0.2, 0.25) is 0 Å². The van der Waals surface area contributed by atoms with Crippen LogP contribution in [0, 0.1) is 0 Å². The van der Waals surface area contributed by atoms with Crippen LogP contribution in [0.3, 0.4) is 0 Å². The van der Waals surface area contributed by atoms with Crippen molar-refractivity contribution in [3.05, 3.63) is 35.4 Å². The second kappa shape index (κ2) is 5.78. The first kappa shape index (κ1) is 14.5. The summed E-state index contributed by atoms with van der Waals surface area (Å²) in [6, 6.07) is 9.37. The van der Waals surface area contributed by atoms with Crippen LogP contribution in [-0.4, -0.2) is 36.5 Å². The minimum Gasteiger partial charge on any atom is -0.347 e. The first-order valence-corrected chi connectivity index (χ1v) is 7.91. The fraction of sp³-hybridized carbons (Fsp3) is 0.588. The van der Waals surface area contributed by atoms with Crippen molar-refractivity contribution in [2.24, 2.45) is 0 Å². The maximum atomic E-state index is 11.3. The lowest BCUT2D eigenvalue weighted by Gasteiger charge is -2.31. The molecule has 2 fully saturated rings. The van der Waals surface area contributed by atoms with E-state index in [4.69, 9.17) is 0 Å². The van der Waals surface area contributed by atoms with E-state index in [2.05, 4.69) is 46.7 Å². The molecule has 1 heterocycles. The van der Waals surface area contributed by atoms with Crippen LogP contribution >= 0.6 is 0 Å². The van der Waals surface area contributed by atoms with Gasteiger partial charge in [-0.05, 0) is 30.9 Å². The summed E-state index contributed by atoms with van der Waals surface area (Å²) < 4.78 is 0. The molecule has 2 N–H and O–H groups in total. The van der Waals surface area contributed by atoms with Gasteiger partial charge in [0.05, 0.1) is 5.54 Å². The summed E-state index contributed by atoms with van der Waals surface area (Å²) in [6.45, 7) is 8.14. The molecule has 1 aliphatic carbocycles. The molecule has 0 aromatic heterocycles. The molecule has 4 heteroatoms. The number of hydrogen-bond donors (Lipinski definition) is 2. The minimum absolute atomic E-state index is 0.0615. The van der Waals surface area contributed by atoms with Gasteiger partial charge in [-0.3, -0.25) is 9.69 Å². The third kappa shape index (κ3) is 3.44. The summed E-state index contributed by atoms with van der Waals surface area (Å²) in [5, 5.41) is 6.57. The van der Waals surface area contributed by atoms with Gasteiger partial charge in [-0.15, -0.1) is 0 Å². The highest BCUT2D eigenvalue weighted by Gasteiger charge is 2.44. The van der Waals surface area contributed by atoms with Crippen LogP contribution in [0.15, 0.2) is 24.3 Å². The van der Waals surface area contributed by atoms with Gasteiger partial charge in [0.25, 0.3) is 0 Å². The summed E-state index contributed by atoms with van der Waals surface area (Å²) in [7, 11) is 0. The van der Waals surface area contributed by atoms with Crippen LogP contribution in [0.1, 0.15) is 37.8 Å². The number of nitrogens with one attached hydrogen (secondary N) is 2. The van der Waals surface area contributed by atoms with E-state index in [0.717, 1.165) is 39.0 Å². The monoisotopic (exact) mass is 287 g/mol. The molecule has 1 aromatic rings. The smallest absolute Gasteiger partial charge is 0.217 e. The lowest BCUT2D eigenvalue weighted by molar-refractivity contribution is -0.120. The van der Waals surface area contributed by atoms with Crippen molar-refractivity contribution in [3.8, 4) is 0 Å². The minimum atomic E-state index is -0.0755. The van der Waals surface area contributed by atoms with Gasteiger partial charge in [-0.25, -0.2) is 0 Å². The number of nitrogens with zero attached hydrogens (tertiary/aromatic N) is 1. The van der Waals surface area contributed by atoms with Gasteiger partial charge in [0.15, 0.2) is 0 Å². The molecule has 114 valence electrons. The summed E-state index contributed by atoms with van der Waals surface area (Å²) in [5.41, 5.74) is 2.52. The Hall–Kier alpha value is -1.39. The number of benzene rings is 1. The molecule has 4 nitrogen and oxygen atoms in total. The average Bonchev–Trinajstić information content (AvgIpc) is 3.19. The predicted molar refractivity (Wildman–Crippen MR) is 83.9 cm³/mol. The largest absolute Gasteiger partial charge is 0.347 e. The third-order valence-corrected chi connectivity index (χ3v) is 4.53. The van der Waals surface area contributed by atoms with Gasteiger partial charge in [0.1, 0.15) is 0 Å². The fourth-order valence-electron chi connectivity index (χ4n) is 3.29. The van der Waals surface area contributed by atoms with E-state index in [1.165, 1.54) is 11.1 Å². The second-order valence-corrected chi connectivity index (χ2v) is 6.55. The van der Waals surface area contributed by atoms with E-state index in [9.17, 15) is 4.79 Å². The first-order chi connectivity index (χ1) is 10.1. The van der Waals surface area contributed by atoms with Crippen molar-refractivity contribution in [2.75, 3.05) is 19.6 Å². The molecular weight excluding hydrogens is 262 g/mol. The maximum Gasteiger partial charge on any atom is 0.217 e. The van der Waals surface area contributed by atoms with Gasteiger partial charge in [-0.1, -0.05) is 24.3 Å². The molecule has 1 amide bonds. The predicted octanol–water partition coefficient (Wildman–Crippen LogP) is 1.61. The van der Waals surface area contributed by atoms with Crippen LogP contribution in [0.25, 0.3) is 0 Å². The zero-order valence-corrected chi connectivity index (χ0v) is 13.0. The molecule has 2 aliphatic rings. The molecule has 1 aliphatic heterocycles. The van der Waals surface area contributed by atoms with Crippen LogP contribution in [0.5, 0.6) is 0 Å². The SMILES string of the molecule is CC(=O)NC1(c2ccc(CN3CCN[C@@H](C)C3)cc2)CC1. The van der Waals surface area contributed by atoms with Crippen molar-refractivity contribution in [2.45, 2.75) is 44.8 Å². The highest BCUT2D eigenvalue weighted by atomic mass is 16.1. The van der Waals surface area contributed by atoms with Gasteiger partial charge >= 0.3 is 0 Å². The quantitative estimate of drug-likeness (QED) is 0.884. The van der Waals surface area contributed by atoms with Crippen molar-refractivity contribution in [1.29, 1.82) is 0 Å². The van der Waals surface area contributed by atoms with Crippen LogP contribution in [0.4, 0.5) is 0 Å². The molecule has 1 saturated carbocycles.